The summed E-state index contributed by atoms with van der Waals surface area (Å²) >= 11 is 0. The zero-order valence-electron chi connectivity index (χ0n) is 27.8. The fourth-order valence-electron chi connectivity index (χ4n) is 5.27. The average molecular weight is 589 g/mol. The van der Waals surface area contributed by atoms with Gasteiger partial charge in [-0.2, -0.15) is 0 Å². The Morgan fingerprint density at radius 1 is 0.571 bits per heavy atom. The number of carboxylic acid groups (broad SMARTS) is 1. The van der Waals surface area contributed by atoms with E-state index >= 15 is 0 Å². The number of carbonyl (C=O) groups is 2. The van der Waals surface area contributed by atoms with Crippen molar-refractivity contribution in [2.24, 2.45) is 0 Å². The predicted molar refractivity (Wildman–Crippen MR) is 181 cm³/mol. The van der Waals surface area contributed by atoms with Crippen LogP contribution in [0, 0.1) is 0 Å². The Morgan fingerprint density at radius 2 is 1.02 bits per heavy atom. The molecule has 42 heavy (non-hydrogen) atoms. The first-order valence-electron chi connectivity index (χ1n) is 18.0. The summed E-state index contributed by atoms with van der Waals surface area (Å²) in [6.45, 7) is 4.42. The fraction of sp³-hybridized carbons (Fsp3) is 0.789. The van der Waals surface area contributed by atoms with Crippen molar-refractivity contribution in [2.45, 2.75) is 193 Å². The molecule has 0 amide bonds. The smallest absolute Gasteiger partial charge is 0.307 e. The van der Waals surface area contributed by atoms with Crippen molar-refractivity contribution in [3.63, 3.8) is 0 Å². The minimum Gasteiger partial charge on any atom is -0.481 e. The van der Waals surface area contributed by atoms with E-state index in [1.807, 2.05) is 0 Å². The van der Waals surface area contributed by atoms with E-state index in [2.05, 4.69) is 50.3 Å². The number of hydrogen-bond donors (Lipinski definition) is 1. The molecule has 0 aliphatic carbocycles. The van der Waals surface area contributed by atoms with Crippen LogP contribution in [0.5, 0.6) is 0 Å². The molecule has 1 unspecified atom stereocenters. The van der Waals surface area contributed by atoms with Gasteiger partial charge >= 0.3 is 11.9 Å². The molecule has 0 spiro atoms. The Bertz CT molecular complexity index is 679. The second kappa shape index (κ2) is 33.7. The Morgan fingerprint density at radius 3 is 1.55 bits per heavy atom. The lowest BCUT2D eigenvalue weighted by Crippen LogP contribution is -2.21. The largest absolute Gasteiger partial charge is 0.481 e. The highest BCUT2D eigenvalue weighted by Crippen LogP contribution is 2.17. The highest BCUT2D eigenvalue weighted by Gasteiger charge is 2.17. The molecule has 4 heteroatoms. The molecule has 0 rings (SSSR count). The molecule has 0 aliphatic heterocycles. The van der Waals surface area contributed by atoms with Crippen molar-refractivity contribution in [2.75, 3.05) is 0 Å². The molecule has 0 bridgehead atoms. The van der Waals surface area contributed by atoms with Gasteiger partial charge in [0.25, 0.3) is 0 Å². The van der Waals surface area contributed by atoms with Gasteiger partial charge in [-0.1, -0.05) is 159 Å². The Balaban J connectivity index is 3.70. The number of carbonyl (C=O) groups excluding carboxylic acids is 1. The van der Waals surface area contributed by atoms with Crippen LogP contribution >= 0.6 is 0 Å². The minimum absolute atomic E-state index is 0.0798. The summed E-state index contributed by atoms with van der Waals surface area (Å²) in [6, 6.07) is 0. The number of hydrogen-bond acceptors (Lipinski definition) is 3. The second-order valence-corrected chi connectivity index (χ2v) is 12.0. The molecule has 0 aromatic carbocycles. The molecule has 4 nitrogen and oxygen atoms in total. The van der Waals surface area contributed by atoms with Crippen LogP contribution in [-0.4, -0.2) is 23.1 Å². The standard InChI is InChI=1S/C38H68O4/c1-3-5-7-9-11-13-15-17-19-21-23-25-27-29-31-33-36(35-37(39)40)42-38(41)34-32-30-28-26-24-22-20-18-16-14-12-10-8-6-4-2/h6,8,12,14,18,20,36H,3-5,7,9-11,13,15-17,19,21-35H2,1-2H3,(H,39,40)/b8-6-,14-12-,20-18-. The van der Waals surface area contributed by atoms with Gasteiger partial charge in [-0.25, -0.2) is 0 Å². The van der Waals surface area contributed by atoms with E-state index < -0.39 is 12.1 Å². The number of allylic oxidation sites excluding steroid dienone is 6. The number of unbranched alkanes of at least 4 members (excludes halogenated alkanes) is 19. The van der Waals surface area contributed by atoms with Gasteiger partial charge in [-0.15, -0.1) is 0 Å². The second-order valence-electron chi connectivity index (χ2n) is 12.0. The van der Waals surface area contributed by atoms with Gasteiger partial charge in [0.15, 0.2) is 0 Å². The SMILES string of the molecule is CC/C=C\C/C=C\C/C=C\CCCCCCCC(=O)OC(CCCCCCCCCCCCCCCCC)CC(=O)O. The van der Waals surface area contributed by atoms with E-state index in [0.717, 1.165) is 57.8 Å². The van der Waals surface area contributed by atoms with Crippen LogP contribution in [-0.2, 0) is 14.3 Å². The Labute approximate surface area is 260 Å². The number of carboxylic acids is 1. The highest BCUT2D eigenvalue weighted by molar-refractivity contribution is 5.71. The average Bonchev–Trinajstić information content (AvgIpc) is 2.96. The first-order chi connectivity index (χ1) is 20.6. The zero-order valence-corrected chi connectivity index (χ0v) is 27.8. The lowest BCUT2D eigenvalue weighted by atomic mass is 10.0. The van der Waals surface area contributed by atoms with Crippen molar-refractivity contribution >= 4 is 11.9 Å². The third-order valence-electron chi connectivity index (χ3n) is 7.86. The molecule has 0 aromatic rings. The first-order valence-corrected chi connectivity index (χ1v) is 18.0. The number of ether oxygens (including phenoxy) is 1. The summed E-state index contributed by atoms with van der Waals surface area (Å²) in [5, 5.41) is 9.24. The molecule has 0 heterocycles. The quantitative estimate of drug-likeness (QED) is 0.0482. The van der Waals surface area contributed by atoms with Crippen molar-refractivity contribution in [1.82, 2.24) is 0 Å². The van der Waals surface area contributed by atoms with Crippen molar-refractivity contribution in [3.8, 4) is 0 Å². The van der Waals surface area contributed by atoms with Gasteiger partial charge in [-0.05, 0) is 51.4 Å². The lowest BCUT2D eigenvalue weighted by Gasteiger charge is -2.16. The maximum Gasteiger partial charge on any atom is 0.307 e. The summed E-state index contributed by atoms with van der Waals surface area (Å²) in [4.78, 5) is 23.6. The van der Waals surface area contributed by atoms with Crippen LogP contribution in [0.3, 0.4) is 0 Å². The summed E-state index contributed by atoms with van der Waals surface area (Å²) in [5.74, 6) is -1.12. The van der Waals surface area contributed by atoms with Gasteiger partial charge < -0.3 is 9.84 Å². The van der Waals surface area contributed by atoms with Crippen molar-refractivity contribution in [1.29, 1.82) is 0 Å². The zero-order chi connectivity index (χ0) is 30.8. The predicted octanol–water partition coefficient (Wildman–Crippen LogP) is 12.2. The van der Waals surface area contributed by atoms with E-state index in [9.17, 15) is 14.7 Å². The van der Waals surface area contributed by atoms with Crippen LogP contribution < -0.4 is 0 Å². The van der Waals surface area contributed by atoms with Gasteiger partial charge in [0.1, 0.15) is 6.10 Å². The van der Waals surface area contributed by atoms with Crippen LogP contribution in [0.2, 0.25) is 0 Å². The molecule has 0 fully saturated rings. The minimum atomic E-state index is -0.886. The van der Waals surface area contributed by atoms with Gasteiger partial charge in [0, 0.05) is 6.42 Å². The van der Waals surface area contributed by atoms with Gasteiger partial charge in [0.05, 0.1) is 6.42 Å². The van der Waals surface area contributed by atoms with Crippen molar-refractivity contribution in [3.05, 3.63) is 36.5 Å². The molecule has 1 N–H and O–H groups in total. The molecular formula is C38H68O4. The first kappa shape index (κ1) is 40.2. The number of esters is 1. The highest BCUT2D eigenvalue weighted by atomic mass is 16.5. The van der Waals surface area contributed by atoms with Crippen LogP contribution in [0.25, 0.3) is 0 Å². The molecule has 0 saturated carbocycles. The van der Waals surface area contributed by atoms with E-state index in [1.165, 1.54) is 96.3 Å². The lowest BCUT2D eigenvalue weighted by molar-refractivity contribution is -0.153. The summed E-state index contributed by atoms with van der Waals surface area (Å²) in [5.41, 5.74) is 0. The number of aliphatic carboxylic acids is 1. The molecule has 0 aromatic heterocycles. The topological polar surface area (TPSA) is 63.6 Å². The van der Waals surface area contributed by atoms with Gasteiger partial charge in [0.2, 0.25) is 0 Å². The third-order valence-corrected chi connectivity index (χ3v) is 7.86. The fourth-order valence-corrected chi connectivity index (χ4v) is 5.27. The van der Waals surface area contributed by atoms with E-state index in [1.54, 1.807) is 0 Å². The summed E-state index contributed by atoms with van der Waals surface area (Å²) in [6.07, 6.45) is 43.0. The van der Waals surface area contributed by atoms with Gasteiger partial charge in [-0.3, -0.25) is 9.59 Å². The van der Waals surface area contributed by atoms with Crippen LogP contribution in [0.15, 0.2) is 36.5 Å². The maximum absolute atomic E-state index is 12.3. The molecule has 0 aliphatic rings. The molecule has 0 saturated heterocycles. The molecule has 244 valence electrons. The molecule has 1 atom stereocenters. The molecular weight excluding hydrogens is 520 g/mol. The Hall–Kier alpha value is -1.84. The molecule has 0 radical (unpaired) electrons. The third kappa shape index (κ3) is 32.7. The normalized spacial score (nSPS) is 12.6. The monoisotopic (exact) mass is 589 g/mol. The number of rotatable bonds is 32. The maximum atomic E-state index is 12.3. The van der Waals surface area contributed by atoms with Crippen LogP contribution in [0.4, 0.5) is 0 Å². The summed E-state index contributed by atoms with van der Waals surface area (Å²) in [7, 11) is 0. The Kier molecular flexibility index (Phi) is 32.2. The van der Waals surface area contributed by atoms with E-state index in [4.69, 9.17) is 4.74 Å². The van der Waals surface area contributed by atoms with E-state index in [-0.39, 0.29) is 12.4 Å². The van der Waals surface area contributed by atoms with Crippen molar-refractivity contribution < 1.29 is 19.4 Å². The summed E-state index contributed by atoms with van der Waals surface area (Å²) < 4.78 is 5.56. The van der Waals surface area contributed by atoms with E-state index in [0.29, 0.717) is 12.8 Å². The van der Waals surface area contributed by atoms with Crippen LogP contribution in [0.1, 0.15) is 187 Å².